The monoisotopic (exact) mass is 350 g/mol. The summed E-state index contributed by atoms with van der Waals surface area (Å²) in [5.41, 5.74) is 0.817. The first kappa shape index (κ1) is 18.3. The third kappa shape index (κ3) is 4.74. The summed E-state index contributed by atoms with van der Waals surface area (Å²) in [6.07, 6.45) is -0.802. The smallest absolute Gasteiger partial charge is 0.308 e. The van der Waals surface area contributed by atoms with E-state index in [1.165, 1.54) is 18.7 Å². The van der Waals surface area contributed by atoms with Gasteiger partial charge >= 0.3 is 5.97 Å². The Morgan fingerprint density at radius 1 is 1.29 bits per heavy atom. The molecule has 1 heterocycles. The number of hydrogen-bond donors (Lipinski definition) is 1. The highest BCUT2D eigenvalue weighted by Crippen LogP contribution is 2.34. The van der Waals surface area contributed by atoms with Crippen LogP contribution in [0.15, 0.2) is 29.2 Å². The van der Waals surface area contributed by atoms with Gasteiger partial charge in [0.25, 0.3) is 5.91 Å². The molecule has 0 aliphatic carbocycles. The highest BCUT2D eigenvalue weighted by molar-refractivity contribution is 8.00. The maximum Gasteiger partial charge on any atom is 0.308 e. The molecular weight excluding hydrogens is 328 g/mol. The predicted octanol–water partition coefficient (Wildman–Crippen LogP) is 1.97. The summed E-state index contributed by atoms with van der Waals surface area (Å²) in [5, 5.41) is 2.69. The van der Waals surface area contributed by atoms with Crippen molar-refractivity contribution in [2.45, 2.75) is 44.2 Å². The Balaban J connectivity index is 1.90. The van der Waals surface area contributed by atoms with Gasteiger partial charge in [-0.3, -0.25) is 14.4 Å². The van der Waals surface area contributed by atoms with Crippen LogP contribution in [-0.2, 0) is 19.1 Å². The molecule has 0 unspecified atom stereocenters. The number of amides is 2. The first-order chi connectivity index (χ1) is 11.4. The number of fused-ring (bicyclic) bond motifs is 1. The molecule has 1 aliphatic rings. The molecule has 1 aromatic carbocycles. The summed E-state index contributed by atoms with van der Waals surface area (Å²) in [7, 11) is 0. The number of nitrogens with one attached hydrogen (secondary N) is 1. The summed E-state index contributed by atoms with van der Waals surface area (Å²) < 4.78 is 5.13. The normalized spacial score (nSPS) is 15.0. The zero-order chi connectivity index (χ0) is 17.7. The van der Waals surface area contributed by atoms with E-state index < -0.39 is 12.1 Å². The molecule has 0 radical (unpaired) electrons. The van der Waals surface area contributed by atoms with E-state index in [1.807, 2.05) is 38.1 Å². The van der Waals surface area contributed by atoms with E-state index in [2.05, 4.69) is 5.32 Å². The molecule has 1 N–H and O–H groups in total. The molecule has 130 valence electrons. The fraction of sp³-hybridized carbons (Fsp3) is 0.471. The minimum absolute atomic E-state index is 0.0152. The Hall–Kier alpha value is -2.02. The van der Waals surface area contributed by atoms with Crippen LogP contribution in [0.5, 0.6) is 0 Å². The van der Waals surface area contributed by atoms with Gasteiger partial charge < -0.3 is 15.0 Å². The Morgan fingerprint density at radius 2 is 2.00 bits per heavy atom. The molecule has 0 bridgehead atoms. The van der Waals surface area contributed by atoms with Crippen molar-refractivity contribution >= 4 is 35.2 Å². The van der Waals surface area contributed by atoms with Crippen LogP contribution >= 0.6 is 11.8 Å². The van der Waals surface area contributed by atoms with Crippen LogP contribution in [0.1, 0.15) is 27.2 Å². The fourth-order valence-electron chi connectivity index (χ4n) is 2.31. The second-order valence-electron chi connectivity index (χ2n) is 5.85. The van der Waals surface area contributed by atoms with Crippen molar-refractivity contribution in [3.63, 3.8) is 0 Å². The summed E-state index contributed by atoms with van der Waals surface area (Å²) >= 11 is 1.49. The molecule has 0 spiro atoms. The third-order valence-electron chi connectivity index (χ3n) is 3.46. The predicted molar refractivity (Wildman–Crippen MR) is 93.0 cm³/mol. The van der Waals surface area contributed by atoms with Crippen LogP contribution in [0.4, 0.5) is 5.69 Å². The maximum atomic E-state index is 12.1. The minimum atomic E-state index is -0.847. The number of rotatable bonds is 6. The van der Waals surface area contributed by atoms with Gasteiger partial charge in [0.1, 0.15) is 0 Å². The molecule has 2 rings (SSSR count). The second-order valence-corrected chi connectivity index (χ2v) is 6.86. The molecule has 7 heteroatoms. The summed E-state index contributed by atoms with van der Waals surface area (Å²) in [6, 6.07) is 7.59. The quantitative estimate of drug-likeness (QED) is 0.794. The van der Waals surface area contributed by atoms with E-state index in [-0.39, 0.29) is 30.8 Å². The number of anilines is 1. The van der Waals surface area contributed by atoms with E-state index in [0.29, 0.717) is 5.75 Å². The number of nitrogens with zero attached hydrogens (tertiary/aromatic N) is 1. The summed E-state index contributed by atoms with van der Waals surface area (Å²) in [6.45, 7) is 5.45. The fourth-order valence-corrected chi connectivity index (χ4v) is 3.25. The van der Waals surface area contributed by atoms with E-state index >= 15 is 0 Å². The molecule has 0 saturated heterocycles. The van der Waals surface area contributed by atoms with E-state index in [9.17, 15) is 14.4 Å². The van der Waals surface area contributed by atoms with Crippen molar-refractivity contribution < 1.29 is 19.1 Å². The first-order valence-electron chi connectivity index (χ1n) is 7.90. The first-order valence-corrected chi connectivity index (χ1v) is 8.89. The van der Waals surface area contributed by atoms with Crippen LogP contribution in [0.2, 0.25) is 0 Å². The van der Waals surface area contributed by atoms with Crippen LogP contribution in [0.25, 0.3) is 0 Å². The average molecular weight is 350 g/mol. The third-order valence-corrected chi connectivity index (χ3v) is 4.50. The number of thioether (sulfide) groups is 1. The van der Waals surface area contributed by atoms with Crippen molar-refractivity contribution in [3.05, 3.63) is 24.3 Å². The van der Waals surface area contributed by atoms with Crippen LogP contribution in [0.3, 0.4) is 0 Å². The Morgan fingerprint density at radius 3 is 2.71 bits per heavy atom. The molecule has 1 aromatic rings. The highest BCUT2D eigenvalue weighted by Gasteiger charge is 2.25. The van der Waals surface area contributed by atoms with Gasteiger partial charge in [0, 0.05) is 17.5 Å². The SMILES string of the molecule is CC(C)NC(=O)[C@H](C)OC(=O)CCN1C(=O)CSc2ccccc21. The number of benzene rings is 1. The largest absolute Gasteiger partial charge is 0.452 e. The minimum Gasteiger partial charge on any atom is -0.452 e. The molecule has 2 amide bonds. The Labute approximate surface area is 145 Å². The number of hydrogen-bond acceptors (Lipinski definition) is 5. The van der Waals surface area contributed by atoms with Crippen molar-refractivity contribution in [1.82, 2.24) is 5.32 Å². The zero-order valence-electron chi connectivity index (χ0n) is 14.1. The summed E-state index contributed by atoms with van der Waals surface area (Å²) in [4.78, 5) is 38.5. The second kappa shape index (κ2) is 8.19. The molecular formula is C17H22N2O4S. The van der Waals surface area contributed by atoms with Gasteiger partial charge in [0.15, 0.2) is 6.10 Å². The van der Waals surface area contributed by atoms with E-state index in [4.69, 9.17) is 4.74 Å². The van der Waals surface area contributed by atoms with Crippen molar-refractivity contribution in [3.8, 4) is 0 Å². The maximum absolute atomic E-state index is 12.1. The van der Waals surface area contributed by atoms with Crippen molar-refractivity contribution in [2.75, 3.05) is 17.2 Å². The molecule has 1 aliphatic heterocycles. The van der Waals surface area contributed by atoms with Gasteiger partial charge in [-0.1, -0.05) is 12.1 Å². The van der Waals surface area contributed by atoms with Crippen LogP contribution in [-0.4, -0.2) is 42.2 Å². The van der Waals surface area contributed by atoms with Gasteiger partial charge in [-0.15, -0.1) is 11.8 Å². The molecule has 1 atom stereocenters. The lowest BCUT2D eigenvalue weighted by Gasteiger charge is -2.28. The van der Waals surface area contributed by atoms with Crippen LogP contribution in [0, 0.1) is 0 Å². The molecule has 0 aromatic heterocycles. The van der Waals surface area contributed by atoms with E-state index in [1.54, 1.807) is 4.90 Å². The average Bonchev–Trinajstić information content (AvgIpc) is 2.53. The molecule has 0 fully saturated rings. The lowest BCUT2D eigenvalue weighted by atomic mass is 10.2. The van der Waals surface area contributed by atoms with Gasteiger partial charge in [0.2, 0.25) is 5.91 Å². The number of carbonyl (C=O) groups is 3. The standard InChI is InChI=1S/C17H22N2O4S/c1-11(2)18-17(22)12(3)23-16(21)8-9-19-13-6-4-5-7-14(13)24-10-15(19)20/h4-7,11-12H,8-10H2,1-3H3,(H,18,22)/t12-/m0/s1. The number of esters is 1. The lowest BCUT2D eigenvalue weighted by Crippen LogP contribution is -2.40. The van der Waals surface area contributed by atoms with Crippen molar-refractivity contribution in [1.29, 1.82) is 0 Å². The van der Waals surface area contributed by atoms with Gasteiger partial charge in [-0.2, -0.15) is 0 Å². The Kier molecular flexibility index (Phi) is 6.25. The number of carbonyl (C=O) groups excluding carboxylic acids is 3. The zero-order valence-corrected chi connectivity index (χ0v) is 14.9. The topological polar surface area (TPSA) is 75.7 Å². The number of para-hydroxylation sites is 1. The lowest BCUT2D eigenvalue weighted by molar-refractivity contribution is -0.154. The number of ether oxygens (including phenoxy) is 1. The van der Waals surface area contributed by atoms with Gasteiger partial charge in [0.05, 0.1) is 17.9 Å². The summed E-state index contributed by atoms with van der Waals surface area (Å²) in [5.74, 6) is -0.490. The van der Waals surface area contributed by atoms with Crippen molar-refractivity contribution in [2.24, 2.45) is 0 Å². The van der Waals surface area contributed by atoms with Crippen LogP contribution < -0.4 is 10.2 Å². The molecule has 6 nitrogen and oxygen atoms in total. The van der Waals surface area contributed by atoms with Gasteiger partial charge in [-0.25, -0.2) is 0 Å². The van der Waals surface area contributed by atoms with Gasteiger partial charge in [-0.05, 0) is 32.9 Å². The highest BCUT2D eigenvalue weighted by atomic mass is 32.2. The van der Waals surface area contributed by atoms with E-state index in [0.717, 1.165) is 10.6 Å². The molecule has 0 saturated carbocycles. The molecule has 24 heavy (non-hydrogen) atoms. The Bertz CT molecular complexity index is 633.